The molecule has 1 aliphatic rings. The minimum Gasteiger partial charge on any atom is -0.302 e. The summed E-state index contributed by atoms with van der Waals surface area (Å²) in [4.78, 5) is 22.1. The molecule has 1 unspecified atom stereocenters. The number of rotatable bonds is 10. The van der Waals surface area contributed by atoms with Gasteiger partial charge in [-0.1, -0.05) is 44.6 Å². The average molecular weight is 547 g/mol. The molecule has 1 atom stereocenters. The fourth-order valence-electron chi connectivity index (χ4n) is 4.84. The fraction of sp³-hybridized carbons (Fsp3) is 0.481. The number of nitrogens with zero attached hydrogens (tertiary/aromatic N) is 4. The van der Waals surface area contributed by atoms with Crippen molar-refractivity contribution in [3.05, 3.63) is 53.8 Å². The standard InChI is InChI=1S/C27H35FN4O3S2/c1-4-21-10-7-8-17-32(21)37(34,35)22-15-13-20(14-16-22)26(33)31(19-18-30(5-2)6-3)27-29-25-23(28)11-9-12-24(25)36-27/h9,11-16,21H,4-8,10,17-19H2,1-3H3. The fourth-order valence-corrected chi connectivity index (χ4v) is 7.61. The van der Waals surface area contributed by atoms with E-state index in [4.69, 9.17) is 0 Å². The summed E-state index contributed by atoms with van der Waals surface area (Å²) < 4.78 is 43.3. The highest BCUT2D eigenvalue weighted by Crippen LogP contribution is 2.32. The van der Waals surface area contributed by atoms with Crippen LogP contribution in [0.2, 0.25) is 0 Å². The summed E-state index contributed by atoms with van der Waals surface area (Å²) in [5.74, 6) is -0.714. The molecule has 0 aliphatic carbocycles. The summed E-state index contributed by atoms with van der Waals surface area (Å²) in [5.41, 5.74) is 0.612. The van der Waals surface area contributed by atoms with Crippen LogP contribution in [0.25, 0.3) is 10.2 Å². The molecule has 7 nitrogen and oxygen atoms in total. The maximum absolute atomic E-state index is 14.3. The number of hydrogen-bond acceptors (Lipinski definition) is 6. The average Bonchev–Trinajstić information content (AvgIpc) is 3.36. The molecule has 200 valence electrons. The molecule has 4 rings (SSSR count). The molecular formula is C27H35FN4O3S2. The number of amides is 1. The molecule has 0 spiro atoms. The topological polar surface area (TPSA) is 73.8 Å². The van der Waals surface area contributed by atoms with Gasteiger partial charge in [0, 0.05) is 31.2 Å². The number of sulfonamides is 1. The van der Waals surface area contributed by atoms with Gasteiger partial charge in [0.15, 0.2) is 5.13 Å². The Bertz CT molecular complexity index is 1320. The number of para-hydroxylation sites is 1. The van der Waals surface area contributed by atoms with Gasteiger partial charge in [0.2, 0.25) is 10.0 Å². The van der Waals surface area contributed by atoms with E-state index in [2.05, 4.69) is 23.7 Å². The third-order valence-electron chi connectivity index (χ3n) is 7.12. The van der Waals surface area contributed by atoms with E-state index in [9.17, 15) is 17.6 Å². The highest BCUT2D eigenvalue weighted by molar-refractivity contribution is 7.89. The third kappa shape index (κ3) is 5.87. The molecule has 1 amide bonds. The zero-order chi connectivity index (χ0) is 26.6. The molecule has 2 heterocycles. The Labute approximate surface area is 223 Å². The normalized spacial score (nSPS) is 16.9. The molecule has 3 aromatic rings. The van der Waals surface area contributed by atoms with Crippen LogP contribution in [0.4, 0.5) is 9.52 Å². The van der Waals surface area contributed by atoms with Crippen molar-refractivity contribution in [2.45, 2.75) is 57.4 Å². The van der Waals surface area contributed by atoms with Gasteiger partial charge >= 0.3 is 0 Å². The van der Waals surface area contributed by atoms with Gasteiger partial charge in [0.25, 0.3) is 5.91 Å². The predicted molar refractivity (Wildman–Crippen MR) is 147 cm³/mol. The van der Waals surface area contributed by atoms with Crippen LogP contribution in [-0.4, -0.2) is 67.3 Å². The van der Waals surface area contributed by atoms with Gasteiger partial charge in [-0.3, -0.25) is 9.69 Å². The van der Waals surface area contributed by atoms with E-state index in [0.29, 0.717) is 35.0 Å². The van der Waals surface area contributed by atoms with Crippen molar-refractivity contribution < 1.29 is 17.6 Å². The molecule has 0 saturated carbocycles. The monoisotopic (exact) mass is 546 g/mol. The lowest BCUT2D eigenvalue weighted by atomic mass is 10.0. The molecule has 1 saturated heterocycles. The molecule has 1 aliphatic heterocycles. The van der Waals surface area contributed by atoms with Crippen LogP contribution < -0.4 is 4.90 Å². The van der Waals surface area contributed by atoms with Gasteiger partial charge in [-0.05, 0) is 68.8 Å². The lowest BCUT2D eigenvalue weighted by Crippen LogP contribution is -2.43. The highest BCUT2D eigenvalue weighted by Gasteiger charge is 2.32. The van der Waals surface area contributed by atoms with Crippen LogP contribution in [0.15, 0.2) is 47.4 Å². The lowest BCUT2D eigenvalue weighted by molar-refractivity contribution is 0.0983. The minimum atomic E-state index is -3.64. The number of carbonyl (C=O) groups is 1. The number of halogens is 1. The van der Waals surface area contributed by atoms with E-state index < -0.39 is 15.8 Å². The second kappa shape index (κ2) is 12.0. The Morgan fingerprint density at radius 2 is 1.81 bits per heavy atom. The SMILES string of the molecule is CCC1CCCCN1S(=O)(=O)c1ccc(C(=O)N(CCN(CC)CC)c2nc3c(F)cccc3s2)cc1. The van der Waals surface area contributed by atoms with Crippen LogP contribution in [0, 0.1) is 5.82 Å². The minimum absolute atomic E-state index is 0.00931. The summed E-state index contributed by atoms with van der Waals surface area (Å²) in [6, 6.07) is 11.0. The van der Waals surface area contributed by atoms with Gasteiger partial charge in [-0.2, -0.15) is 4.31 Å². The lowest BCUT2D eigenvalue weighted by Gasteiger charge is -2.34. The maximum atomic E-state index is 14.3. The number of anilines is 1. The predicted octanol–water partition coefficient (Wildman–Crippen LogP) is 5.38. The Balaban J connectivity index is 1.63. The smallest absolute Gasteiger partial charge is 0.260 e. The number of likely N-dealkylation sites (N-methyl/N-ethyl adjacent to an activating group) is 1. The summed E-state index contributed by atoms with van der Waals surface area (Å²) in [7, 11) is -3.64. The summed E-state index contributed by atoms with van der Waals surface area (Å²) >= 11 is 1.27. The maximum Gasteiger partial charge on any atom is 0.260 e. The van der Waals surface area contributed by atoms with Crippen molar-refractivity contribution in [2.24, 2.45) is 0 Å². The number of thiazole rings is 1. The molecule has 0 N–H and O–H groups in total. The van der Waals surface area contributed by atoms with Gasteiger partial charge < -0.3 is 4.90 Å². The number of fused-ring (bicyclic) bond motifs is 1. The Morgan fingerprint density at radius 3 is 2.46 bits per heavy atom. The Morgan fingerprint density at radius 1 is 1.08 bits per heavy atom. The van der Waals surface area contributed by atoms with E-state index in [-0.39, 0.29) is 22.4 Å². The van der Waals surface area contributed by atoms with Crippen molar-refractivity contribution in [3.63, 3.8) is 0 Å². The largest absolute Gasteiger partial charge is 0.302 e. The number of aromatic nitrogens is 1. The zero-order valence-corrected chi connectivity index (χ0v) is 23.3. The highest BCUT2D eigenvalue weighted by atomic mass is 32.2. The third-order valence-corrected chi connectivity index (χ3v) is 10.1. The summed E-state index contributed by atoms with van der Waals surface area (Å²) in [5, 5.41) is 0.424. The first kappa shape index (κ1) is 27.6. The number of piperidine rings is 1. The molecular weight excluding hydrogens is 511 g/mol. The van der Waals surface area contributed by atoms with E-state index in [0.717, 1.165) is 38.8 Å². The second-order valence-electron chi connectivity index (χ2n) is 9.26. The second-order valence-corrected chi connectivity index (χ2v) is 12.2. The van der Waals surface area contributed by atoms with E-state index in [1.54, 1.807) is 33.5 Å². The Kier molecular flexibility index (Phi) is 8.94. The molecule has 1 aromatic heterocycles. The van der Waals surface area contributed by atoms with E-state index in [1.165, 1.54) is 29.5 Å². The van der Waals surface area contributed by atoms with Crippen molar-refractivity contribution in [1.82, 2.24) is 14.2 Å². The molecule has 37 heavy (non-hydrogen) atoms. The van der Waals surface area contributed by atoms with Crippen molar-refractivity contribution in [2.75, 3.05) is 37.6 Å². The summed E-state index contributed by atoms with van der Waals surface area (Å²) in [6.07, 6.45) is 3.55. The van der Waals surface area contributed by atoms with Gasteiger partial charge in [-0.25, -0.2) is 17.8 Å². The first-order valence-electron chi connectivity index (χ1n) is 13.0. The van der Waals surface area contributed by atoms with E-state index >= 15 is 0 Å². The molecule has 0 radical (unpaired) electrons. The zero-order valence-electron chi connectivity index (χ0n) is 21.7. The van der Waals surface area contributed by atoms with Gasteiger partial charge in [0.05, 0.1) is 9.60 Å². The van der Waals surface area contributed by atoms with Crippen molar-refractivity contribution in [3.8, 4) is 0 Å². The van der Waals surface area contributed by atoms with Crippen LogP contribution in [0.5, 0.6) is 0 Å². The molecule has 0 bridgehead atoms. The van der Waals surface area contributed by atoms with Crippen LogP contribution >= 0.6 is 11.3 Å². The van der Waals surface area contributed by atoms with E-state index in [1.807, 2.05) is 6.92 Å². The van der Waals surface area contributed by atoms with Gasteiger partial charge in [0.1, 0.15) is 11.3 Å². The number of carbonyl (C=O) groups excluding carboxylic acids is 1. The van der Waals surface area contributed by atoms with Crippen molar-refractivity contribution >= 4 is 42.6 Å². The first-order chi connectivity index (χ1) is 17.8. The molecule has 10 heteroatoms. The summed E-state index contributed by atoms with van der Waals surface area (Å²) in [6.45, 7) is 9.37. The van der Waals surface area contributed by atoms with Gasteiger partial charge in [-0.15, -0.1) is 0 Å². The molecule has 1 fully saturated rings. The molecule has 2 aromatic carbocycles. The van der Waals surface area contributed by atoms with Crippen LogP contribution in [0.1, 0.15) is 56.8 Å². The van der Waals surface area contributed by atoms with Crippen LogP contribution in [0.3, 0.4) is 0 Å². The number of hydrogen-bond donors (Lipinski definition) is 0. The van der Waals surface area contributed by atoms with Crippen LogP contribution in [-0.2, 0) is 10.0 Å². The van der Waals surface area contributed by atoms with Crippen molar-refractivity contribution in [1.29, 1.82) is 0 Å². The Hall–Kier alpha value is -2.40. The quantitative estimate of drug-likeness (QED) is 0.342. The number of benzene rings is 2. The first-order valence-corrected chi connectivity index (χ1v) is 15.3.